The minimum Gasteiger partial charge on any atom is -0.345 e. The normalized spacial score (nSPS) is 12.3. The number of aryl methyl sites for hydroxylation is 1. The van der Waals surface area contributed by atoms with Crippen LogP contribution in [0.4, 0.5) is 13.2 Å². The minimum absolute atomic E-state index is 0.414. The Bertz CT molecular complexity index is 470. The van der Waals surface area contributed by atoms with Crippen molar-refractivity contribution in [2.45, 2.75) is 13.1 Å². The number of alkyl halides is 3. The van der Waals surface area contributed by atoms with Gasteiger partial charge in [0.05, 0.1) is 22.9 Å². The molecule has 2 rings (SSSR count). The van der Waals surface area contributed by atoms with E-state index in [1.54, 1.807) is 6.92 Å². The maximum absolute atomic E-state index is 12.4. The molecule has 2 nitrogen and oxygen atoms in total. The van der Waals surface area contributed by atoms with Gasteiger partial charge in [-0.15, -0.1) is 0 Å². The Morgan fingerprint density at radius 2 is 2.00 bits per heavy atom. The van der Waals surface area contributed by atoms with E-state index in [9.17, 15) is 13.2 Å². The number of imidazole rings is 1. The summed E-state index contributed by atoms with van der Waals surface area (Å²) in [5.74, 6) is 0. The van der Waals surface area contributed by atoms with Crippen molar-refractivity contribution in [3.8, 4) is 0 Å². The first-order valence-corrected chi connectivity index (χ1v) is 3.99. The van der Waals surface area contributed by atoms with Gasteiger partial charge in [0.1, 0.15) is 0 Å². The van der Waals surface area contributed by atoms with Crippen LogP contribution in [0.5, 0.6) is 0 Å². The predicted octanol–water partition coefficient (Wildman–Crippen LogP) is 2.89. The number of hydrogen-bond donors (Lipinski definition) is 1. The van der Waals surface area contributed by atoms with E-state index in [0.29, 0.717) is 16.6 Å². The summed E-state index contributed by atoms with van der Waals surface area (Å²) >= 11 is 0. The molecule has 2 aromatic rings. The number of halogens is 3. The highest BCUT2D eigenvalue weighted by atomic mass is 19.4. The molecule has 1 aromatic heterocycles. The first-order valence-electron chi connectivity index (χ1n) is 3.99. The van der Waals surface area contributed by atoms with Crippen LogP contribution in [0.3, 0.4) is 0 Å². The molecule has 0 bridgehead atoms. The number of H-pyrrole nitrogens is 1. The van der Waals surface area contributed by atoms with Crippen LogP contribution in [-0.2, 0) is 6.18 Å². The molecule has 1 N–H and O–H groups in total. The molecule has 5 heteroatoms. The van der Waals surface area contributed by atoms with E-state index >= 15 is 0 Å². The topological polar surface area (TPSA) is 28.7 Å². The van der Waals surface area contributed by atoms with Crippen molar-refractivity contribution < 1.29 is 13.2 Å². The van der Waals surface area contributed by atoms with Gasteiger partial charge in [-0.2, -0.15) is 13.2 Å². The van der Waals surface area contributed by atoms with E-state index in [4.69, 9.17) is 0 Å². The van der Waals surface area contributed by atoms with E-state index < -0.39 is 11.7 Å². The minimum atomic E-state index is -4.30. The third-order valence-electron chi connectivity index (χ3n) is 2.04. The van der Waals surface area contributed by atoms with E-state index in [1.165, 1.54) is 6.33 Å². The Morgan fingerprint density at radius 1 is 1.29 bits per heavy atom. The second-order valence-corrected chi connectivity index (χ2v) is 3.09. The number of rotatable bonds is 0. The average molecular weight is 200 g/mol. The summed E-state index contributed by atoms with van der Waals surface area (Å²) in [4.78, 5) is 6.58. The number of aromatic amines is 1. The number of hydrogen-bond acceptors (Lipinski definition) is 1. The zero-order valence-corrected chi connectivity index (χ0v) is 7.31. The fraction of sp³-hybridized carbons (Fsp3) is 0.222. The molecule has 0 aliphatic rings. The van der Waals surface area contributed by atoms with Gasteiger partial charge in [-0.1, -0.05) is 0 Å². The lowest BCUT2D eigenvalue weighted by Crippen LogP contribution is -2.05. The van der Waals surface area contributed by atoms with Crippen molar-refractivity contribution in [3.63, 3.8) is 0 Å². The first kappa shape index (κ1) is 9.05. The molecule has 0 amide bonds. The van der Waals surface area contributed by atoms with Crippen LogP contribution in [-0.4, -0.2) is 9.97 Å². The third kappa shape index (κ3) is 1.34. The highest BCUT2D eigenvalue weighted by molar-refractivity contribution is 5.79. The molecule has 0 saturated heterocycles. The molecule has 0 fully saturated rings. The lowest BCUT2D eigenvalue weighted by atomic mass is 10.1. The first-order chi connectivity index (χ1) is 6.48. The molecule has 0 atom stereocenters. The largest absolute Gasteiger partial charge is 0.416 e. The molecule has 0 spiro atoms. The predicted molar refractivity (Wildman–Crippen MR) is 45.8 cm³/mol. The maximum atomic E-state index is 12.4. The van der Waals surface area contributed by atoms with Crippen molar-refractivity contribution in [2.75, 3.05) is 0 Å². The van der Waals surface area contributed by atoms with Crippen LogP contribution >= 0.6 is 0 Å². The second-order valence-electron chi connectivity index (χ2n) is 3.09. The van der Waals surface area contributed by atoms with Gasteiger partial charge in [-0.05, 0) is 24.6 Å². The average Bonchev–Trinajstić information content (AvgIpc) is 2.50. The Kier molecular flexibility index (Phi) is 1.77. The Hall–Kier alpha value is -1.52. The molecule has 14 heavy (non-hydrogen) atoms. The molecular weight excluding hydrogens is 193 g/mol. The molecule has 74 valence electrons. The van der Waals surface area contributed by atoms with Gasteiger partial charge >= 0.3 is 6.18 Å². The van der Waals surface area contributed by atoms with Gasteiger partial charge in [0, 0.05) is 0 Å². The molecular formula is C9H7F3N2. The van der Waals surface area contributed by atoms with Gasteiger partial charge in [0.25, 0.3) is 0 Å². The highest BCUT2D eigenvalue weighted by Crippen LogP contribution is 2.31. The van der Waals surface area contributed by atoms with Gasteiger partial charge in [0.15, 0.2) is 0 Å². The highest BCUT2D eigenvalue weighted by Gasteiger charge is 2.31. The quantitative estimate of drug-likeness (QED) is 0.695. The number of fused-ring (bicyclic) bond motifs is 1. The van der Waals surface area contributed by atoms with Gasteiger partial charge in [-0.3, -0.25) is 0 Å². The monoisotopic (exact) mass is 200 g/mol. The zero-order valence-electron chi connectivity index (χ0n) is 7.31. The van der Waals surface area contributed by atoms with Crippen molar-refractivity contribution >= 4 is 11.0 Å². The number of benzene rings is 1. The standard InChI is InChI=1S/C9H7F3N2/c1-5-2-6(9(10,11)12)3-7-8(5)14-4-13-7/h2-4H,1H3,(H,13,14). The second kappa shape index (κ2) is 2.73. The molecule has 1 aromatic carbocycles. The van der Waals surface area contributed by atoms with E-state index in [1.807, 2.05) is 0 Å². The zero-order chi connectivity index (χ0) is 10.3. The van der Waals surface area contributed by atoms with Crippen LogP contribution in [0.2, 0.25) is 0 Å². The Balaban J connectivity index is 2.70. The smallest absolute Gasteiger partial charge is 0.345 e. The fourth-order valence-electron chi connectivity index (χ4n) is 1.39. The maximum Gasteiger partial charge on any atom is 0.416 e. The Labute approximate surface area is 77.8 Å². The van der Waals surface area contributed by atoms with Crippen LogP contribution in [0.15, 0.2) is 18.5 Å². The summed E-state index contributed by atoms with van der Waals surface area (Å²) in [5.41, 5.74) is 0.873. The van der Waals surface area contributed by atoms with Gasteiger partial charge in [0.2, 0.25) is 0 Å². The van der Waals surface area contributed by atoms with Crippen molar-refractivity contribution in [1.29, 1.82) is 0 Å². The number of nitrogens with one attached hydrogen (secondary N) is 1. The molecule has 0 radical (unpaired) electrons. The molecule has 0 unspecified atom stereocenters. The lowest BCUT2D eigenvalue weighted by Gasteiger charge is -2.07. The van der Waals surface area contributed by atoms with Crippen LogP contribution in [0.25, 0.3) is 11.0 Å². The number of nitrogens with zero attached hydrogens (tertiary/aromatic N) is 1. The molecule has 1 heterocycles. The van der Waals surface area contributed by atoms with Crippen LogP contribution < -0.4 is 0 Å². The van der Waals surface area contributed by atoms with Gasteiger partial charge < -0.3 is 4.98 Å². The fourth-order valence-corrected chi connectivity index (χ4v) is 1.39. The molecule has 0 aliphatic heterocycles. The molecule has 0 saturated carbocycles. The SMILES string of the molecule is Cc1cc(C(F)(F)F)cc2[nH]cnc12. The van der Waals surface area contributed by atoms with Crippen LogP contribution in [0, 0.1) is 6.92 Å². The van der Waals surface area contributed by atoms with E-state index in [0.717, 1.165) is 12.1 Å². The summed E-state index contributed by atoms with van der Waals surface area (Å²) in [6.07, 6.45) is -2.91. The lowest BCUT2D eigenvalue weighted by molar-refractivity contribution is -0.137. The van der Waals surface area contributed by atoms with E-state index in [-0.39, 0.29) is 0 Å². The number of aromatic nitrogens is 2. The van der Waals surface area contributed by atoms with Crippen molar-refractivity contribution in [3.05, 3.63) is 29.6 Å². The van der Waals surface area contributed by atoms with Crippen LogP contribution in [0.1, 0.15) is 11.1 Å². The van der Waals surface area contributed by atoms with E-state index in [2.05, 4.69) is 9.97 Å². The van der Waals surface area contributed by atoms with Crippen molar-refractivity contribution in [1.82, 2.24) is 9.97 Å². The summed E-state index contributed by atoms with van der Waals surface area (Å²) in [6, 6.07) is 2.17. The summed E-state index contributed by atoms with van der Waals surface area (Å²) in [7, 11) is 0. The molecule has 0 aliphatic carbocycles. The summed E-state index contributed by atoms with van der Waals surface area (Å²) in [6.45, 7) is 1.61. The van der Waals surface area contributed by atoms with Gasteiger partial charge in [-0.25, -0.2) is 4.98 Å². The Morgan fingerprint density at radius 3 is 2.64 bits per heavy atom. The van der Waals surface area contributed by atoms with Crippen molar-refractivity contribution in [2.24, 2.45) is 0 Å². The summed E-state index contributed by atoms with van der Waals surface area (Å²) in [5, 5.41) is 0. The summed E-state index contributed by atoms with van der Waals surface area (Å²) < 4.78 is 37.1. The third-order valence-corrected chi connectivity index (χ3v) is 2.04.